The van der Waals surface area contributed by atoms with Gasteiger partial charge in [-0.2, -0.15) is 0 Å². The normalized spacial score (nSPS) is 12.1. The van der Waals surface area contributed by atoms with Crippen molar-refractivity contribution in [2.75, 3.05) is 11.9 Å². The van der Waals surface area contributed by atoms with E-state index in [1.54, 1.807) is 32.9 Å². The van der Waals surface area contributed by atoms with Crippen molar-refractivity contribution in [3.63, 3.8) is 0 Å². The summed E-state index contributed by atoms with van der Waals surface area (Å²) in [6, 6.07) is 21.0. The molecule has 0 fully saturated rings. The van der Waals surface area contributed by atoms with E-state index in [1.807, 2.05) is 61.5 Å². The molecule has 0 amide bonds. The lowest BCUT2D eigenvalue weighted by Gasteiger charge is -2.24. The molecule has 0 aliphatic rings. The quantitative estimate of drug-likeness (QED) is 0.357. The predicted molar refractivity (Wildman–Crippen MR) is 136 cm³/mol. The van der Waals surface area contributed by atoms with Crippen LogP contribution in [-0.2, 0) is 10.0 Å². The number of aliphatic hydroxyl groups is 1. The Bertz CT molecular complexity index is 1450. The van der Waals surface area contributed by atoms with Crippen LogP contribution in [0.1, 0.15) is 25.0 Å². The lowest BCUT2D eigenvalue weighted by Crippen LogP contribution is -2.46. The predicted octanol–water partition coefficient (Wildman–Crippen LogP) is 4.71. The number of aliphatic hydroxyl groups excluding tert-OH is 1. The molecule has 3 N–H and O–H groups in total. The highest BCUT2D eigenvalue weighted by Gasteiger charge is 2.27. The summed E-state index contributed by atoms with van der Waals surface area (Å²) >= 11 is 0. The molecular weight excluding hydrogens is 448 g/mol. The SMILES string of the molecule is Cc1ccc(Nc2nnc(-c3ccc(C)c(S(=O)(=O)NC(C)(C)CO)c3)c3ccccc23)cc1. The van der Waals surface area contributed by atoms with Gasteiger partial charge in [0.1, 0.15) is 5.69 Å². The maximum absolute atomic E-state index is 13.1. The summed E-state index contributed by atoms with van der Waals surface area (Å²) < 4.78 is 28.7. The van der Waals surface area contributed by atoms with Crippen LogP contribution in [0.25, 0.3) is 22.0 Å². The van der Waals surface area contributed by atoms with Crippen LogP contribution in [0.15, 0.2) is 71.6 Å². The number of anilines is 2. The highest BCUT2D eigenvalue weighted by molar-refractivity contribution is 7.89. The average Bonchev–Trinajstić information content (AvgIpc) is 2.80. The summed E-state index contributed by atoms with van der Waals surface area (Å²) in [6.07, 6.45) is 0. The summed E-state index contributed by atoms with van der Waals surface area (Å²) in [5.74, 6) is 0.620. The van der Waals surface area contributed by atoms with Crippen LogP contribution in [0.5, 0.6) is 0 Å². The first-order chi connectivity index (χ1) is 16.1. The standard InChI is InChI=1S/C26H28N4O3S/c1-17-9-13-20(14-10-17)27-25-22-8-6-5-7-21(22)24(28-29-25)19-12-11-18(2)23(15-19)34(32,33)30-26(3,4)16-31/h5-15,30-31H,16H2,1-4H3,(H,27,29). The second kappa shape index (κ2) is 9.13. The molecule has 0 saturated carbocycles. The van der Waals surface area contributed by atoms with E-state index in [2.05, 4.69) is 20.2 Å². The summed E-state index contributed by atoms with van der Waals surface area (Å²) in [6.45, 7) is 6.70. The molecule has 8 heteroatoms. The third kappa shape index (κ3) is 4.94. The van der Waals surface area contributed by atoms with Crippen LogP contribution in [0.4, 0.5) is 11.5 Å². The molecular formula is C26H28N4O3S. The fraction of sp³-hybridized carbons (Fsp3) is 0.231. The Labute approximate surface area is 199 Å². The summed E-state index contributed by atoms with van der Waals surface area (Å²) in [7, 11) is -3.87. The van der Waals surface area contributed by atoms with E-state index in [-0.39, 0.29) is 11.5 Å². The number of rotatable bonds is 7. The van der Waals surface area contributed by atoms with Crippen LogP contribution >= 0.6 is 0 Å². The molecule has 3 aromatic carbocycles. The Morgan fingerprint density at radius 3 is 2.26 bits per heavy atom. The monoisotopic (exact) mass is 476 g/mol. The molecule has 34 heavy (non-hydrogen) atoms. The molecule has 1 heterocycles. The van der Waals surface area contributed by atoms with Crippen molar-refractivity contribution >= 4 is 32.3 Å². The Balaban J connectivity index is 1.79. The number of nitrogens with one attached hydrogen (secondary N) is 2. The average molecular weight is 477 g/mol. The number of sulfonamides is 1. The molecule has 4 aromatic rings. The van der Waals surface area contributed by atoms with Gasteiger partial charge in [0.2, 0.25) is 10.0 Å². The van der Waals surface area contributed by atoms with Crippen molar-refractivity contribution in [1.82, 2.24) is 14.9 Å². The zero-order valence-electron chi connectivity index (χ0n) is 19.6. The first-order valence-corrected chi connectivity index (χ1v) is 12.4. The molecule has 0 atom stereocenters. The Morgan fingerprint density at radius 1 is 0.912 bits per heavy atom. The van der Waals surface area contributed by atoms with Gasteiger partial charge in [-0.25, -0.2) is 13.1 Å². The second-order valence-corrected chi connectivity index (χ2v) is 10.7. The molecule has 176 valence electrons. The maximum Gasteiger partial charge on any atom is 0.241 e. The molecule has 0 saturated heterocycles. The number of aryl methyl sites for hydroxylation is 2. The van der Waals surface area contributed by atoms with Gasteiger partial charge < -0.3 is 10.4 Å². The molecule has 0 unspecified atom stereocenters. The molecule has 0 aliphatic heterocycles. The van der Waals surface area contributed by atoms with Crippen LogP contribution in [0.3, 0.4) is 0 Å². The van der Waals surface area contributed by atoms with Crippen molar-refractivity contribution in [2.45, 2.75) is 38.1 Å². The number of nitrogens with zero attached hydrogens (tertiary/aromatic N) is 2. The molecule has 0 aliphatic carbocycles. The van der Waals surface area contributed by atoms with Gasteiger partial charge in [-0.05, 0) is 51.5 Å². The van der Waals surface area contributed by atoms with E-state index in [0.29, 0.717) is 22.6 Å². The summed E-state index contributed by atoms with van der Waals surface area (Å²) in [5, 5.41) is 23.5. The zero-order valence-corrected chi connectivity index (χ0v) is 20.4. The molecule has 1 aromatic heterocycles. The van der Waals surface area contributed by atoms with Gasteiger partial charge in [0.05, 0.1) is 17.0 Å². The van der Waals surface area contributed by atoms with Crippen LogP contribution in [0.2, 0.25) is 0 Å². The third-order valence-electron chi connectivity index (χ3n) is 5.56. The third-order valence-corrected chi connectivity index (χ3v) is 7.40. The van der Waals surface area contributed by atoms with Gasteiger partial charge in [0, 0.05) is 22.0 Å². The van der Waals surface area contributed by atoms with E-state index in [4.69, 9.17) is 0 Å². The van der Waals surface area contributed by atoms with Crippen molar-refractivity contribution in [1.29, 1.82) is 0 Å². The van der Waals surface area contributed by atoms with Gasteiger partial charge >= 0.3 is 0 Å². The van der Waals surface area contributed by atoms with Gasteiger partial charge in [-0.3, -0.25) is 0 Å². The van der Waals surface area contributed by atoms with Crippen LogP contribution < -0.4 is 10.0 Å². The minimum absolute atomic E-state index is 0.138. The van der Waals surface area contributed by atoms with Crippen molar-refractivity contribution in [3.05, 3.63) is 77.9 Å². The fourth-order valence-electron chi connectivity index (χ4n) is 3.67. The largest absolute Gasteiger partial charge is 0.394 e. The second-order valence-electron chi connectivity index (χ2n) is 9.06. The number of hydrogen-bond donors (Lipinski definition) is 3. The van der Waals surface area contributed by atoms with Gasteiger partial charge in [-0.1, -0.05) is 54.1 Å². The first kappa shape index (κ1) is 23.8. The summed E-state index contributed by atoms with van der Waals surface area (Å²) in [5.41, 5.74) is 2.90. The summed E-state index contributed by atoms with van der Waals surface area (Å²) in [4.78, 5) is 0.138. The van der Waals surface area contributed by atoms with E-state index in [1.165, 1.54) is 5.56 Å². The Hall–Kier alpha value is -3.33. The van der Waals surface area contributed by atoms with Crippen LogP contribution in [-0.4, -0.2) is 35.9 Å². The van der Waals surface area contributed by atoms with E-state index in [9.17, 15) is 13.5 Å². The maximum atomic E-state index is 13.1. The first-order valence-electron chi connectivity index (χ1n) is 10.9. The van der Waals surface area contributed by atoms with Gasteiger partial charge in [0.15, 0.2) is 5.82 Å². The van der Waals surface area contributed by atoms with Gasteiger partial charge in [-0.15, -0.1) is 10.2 Å². The number of hydrogen-bond acceptors (Lipinski definition) is 6. The lowest BCUT2D eigenvalue weighted by molar-refractivity contribution is 0.208. The molecule has 0 spiro atoms. The highest BCUT2D eigenvalue weighted by atomic mass is 32.2. The zero-order chi connectivity index (χ0) is 24.5. The van der Waals surface area contributed by atoms with Gasteiger partial charge in [0.25, 0.3) is 0 Å². The molecule has 0 radical (unpaired) electrons. The highest BCUT2D eigenvalue weighted by Crippen LogP contribution is 2.33. The Kier molecular flexibility index (Phi) is 6.40. The lowest BCUT2D eigenvalue weighted by atomic mass is 10.0. The minimum atomic E-state index is -3.87. The Morgan fingerprint density at radius 2 is 1.59 bits per heavy atom. The minimum Gasteiger partial charge on any atom is -0.394 e. The van der Waals surface area contributed by atoms with Crippen LogP contribution in [0, 0.1) is 13.8 Å². The van der Waals surface area contributed by atoms with Crippen molar-refractivity contribution < 1.29 is 13.5 Å². The van der Waals surface area contributed by atoms with E-state index < -0.39 is 15.6 Å². The topological polar surface area (TPSA) is 104 Å². The van der Waals surface area contributed by atoms with E-state index >= 15 is 0 Å². The smallest absolute Gasteiger partial charge is 0.241 e. The van der Waals surface area contributed by atoms with Crippen molar-refractivity contribution in [3.8, 4) is 11.3 Å². The number of aromatic nitrogens is 2. The molecule has 7 nitrogen and oxygen atoms in total. The number of benzene rings is 3. The molecule has 4 rings (SSSR count). The van der Waals surface area contributed by atoms with E-state index in [0.717, 1.165) is 16.5 Å². The number of fused-ring (bicyclic) bond motifs is 1. The fourth-order valence-corrected chi connectivity index (χ4v) is 5.35. The molecule has 0 bridgehead atoms. The van der Waals surface area contributed by atoms with Crippen molar-refractivity contribution in [2.24, 2.45) is 0 Å².